The van der Waals surface area contributed by atoms with Crippen LogP contribution in [0.15, 0.2) is 53.9 Å². The summed E-state index contributed by atoms with van der Waals surface area (Å²) in [6.45, 7) is 5.73. The van der Waals surface area contributed by atoms with Crippen LogP contribution >= 0.6 is 0 Å². The second-order valence-electron chi connectivity index (χ2n) is 5.07. The summed E-state index contributed by atoms with van der Waals surface area (Å²) in [6, 6.07) is 10.7. The number of carbonyl (C=O) groups excluding carboxylic acids is 1. The predicted octanol–water partition coefficient (Wildman–Crippen LogP) is 3.02. The third kappa shape index (κ3) is 4.41. The molecule has 1 heterocycles. The largest absolute Gasteiger partial charge is 0.491 e. The highest BCUT2D eigenvalue weighted by Gasteiger charge is 2.06. The standard InChI is InChI=1S/C17H19N3O2/c1-12(2)22-16-8-6-14(7-9-16)17(21)20-19-13(3)15-5-4-10-18-11-15/h4-12H,1-3H3,(H,20,21)/b19-13-. The Labute approximate surface area is 130 Å². The Kier molecular flexibility index (Phi) is 5.25. The van der Waals surface area contributed by atoms with Crippen molar-refractivity contribution in [2.45, 2.75) is 26.9 Å². The maximum atomic E-state index is 12.0. The number of ether oxygens (including phenoxy) is 1. The molecule has 2 aromatic rings. The molecule has 0 unspecified atom stereocenters. The molecule has 0 aliphatic heterocycles. The van der Waals surface area contributed by atoms with Crippen molar-refractivity contribution < 1.29 is 9.53 Å². The first-order valence-electron chi connectivity index (χ1n) is 7.08. The number of hydrogen-bond acceptors (Lipinski definition) is 4. The van der Waals surface area contributed by atoms with Crippen LogP contribution in [0.3, 0.4) is 0 Å². The molecule has 1 amide bonds. The third-order valence-corrected chi connectivity index (χ3v) is 2.89. The van der Waals surface area contributed by atoms with Gasteiger partial charge in [0.1, 0.15) is 5.75 Å². The lowest BCUT2D eigenvalue weighted by atomic mass is 10.2. The molecule has 0 aliphatic rings. The fraction of sp³-hybridized carbons (Fsp3) is 0.235. The SMILES string of the molecule is C/C(=N/NC(=O)c1ccc(OC(C)C)cc1)c1cccnc1. The molecule has 0 bridgehead atoms. The average Bonchev–Trinajstić information content (AvgIpc) is 2.53. The van der Waals surface area contributed by atoms with Crippen molar-refractivity contribution in [2.75, 3.05) is 0 Å². The van der Waals surface area contributed by atoms with E-state index >= 15 is 0 Å². The van der Waals surface area contributed by atoms with Gasteiger partial charge in [0.2, 0.25) is 0 Å². The van der Waals surface area contributed by atoms with Crippen molar-refractivity contribution in [1.29, 1.82) is 0 Å². The van der Waals surface area contributed by atoms with Crippen LogP contribution in [-0.2, 0) is 0 Å². The van der Waals surface area contributed by atoms with Crippen molar-refractivity contribution >= 4 is 11.6 Å². The number of nitrogens with one attached hydrogen (secondary N) is 1. The molecule has 0 spiro atoms. The second kappa shape index (κ2) is 7.36. The van der Waals surface area contributed by atoms with Crippen molar-refractivity contribution in [1.82, 2.24) is 10.4 Å². The van der Waals surface area contributed by atoms with Gasteiger partial charge in [-0.15, -0.1) is 0 Å². The lowest BCUT2D eigenvalue weighted by Gasteiger charge is -2.09. The predicted molar refractivity (Wildman–Crippen MR) is 86.1 cm³/mol. The van der Waals surface area contributed by atoms with E-state index in [1.165, 1.54) is 0 Å². The van der Waals surface area contributed by atoms with Gasteiger partial charge in [-0.3, -0.25) is 9.78 Å². The van der Waals surface area contributed by atoms with Gasteiger partial charge in [-0.05, 0) is 51.1 Å². The molecule has 114 valence electrons. The van der Waals surface area contributed by atoms with E-state index in [2.05, 4.69) is 15.5 Å². The normalized spacial score (nSPS) is 11.4. The van der Waals surface area contributed by atoms with E-state index in [0.29, 0.717) is 11.3 Å². The Morgan fingerprint density at radius 3 is 2.50 bits per heavy atom. The van der Waals surface area contributed by atoms with E-state index < -0.39 is 0 Å². The van der Waals surface area contributed by atoms with Gasteiger partial charge in [-0.25, -0.2) is 5.43 Å². The highest BCUT2D eigenvalue weighted by Crippen LogP contribution is 2.13. The number of nitrogens with zero attached hydrogens (tertiary/aromatic N) is 2. The zero-order valence-electron chi connectivity index (χ0n) is 12.9. The Balaban J connectivity index is 2.00. The third-order valence-electron chi connectivity index (χ3n) is 2.89. The maximum Gasteiger partial charge on any atom is 0.271 e. The quantitative estimate of drug-likeness (QED) is 0.681. The van der Waals surface area contributed by atoms with Gasteiger partial charge in [0, 0.05) is 23.5 Å². The number of pyridine rings is 1. The minimum absolute atomic E-state index is 0.103. The molecule has 0 atom stereocenters. The molecule has 0 aliphatic carbocycles. The van der Waals surface area contributed by atoms with Gasteiger partial charge in [-0.1, -0.05) is 6.07 Å². The van der Waals surface area contributed by atoms with E-state index in [0.717, 1.165) is 11.3 Å². The summed E-state index contributed by atoms with van der Waals surface area (Å²) < 4.78 is 5.54. The highest BCUT2D eigenvalue weighted by molar-refractivity contribution is 6.00. The number of hydrazone groups is 1. The van der Waals surface area contributed by atoms with Crippen molar-refractivity contribution in [3.8, 4) is 5.75 Å². The lowest BCUT2D eigenvalue weighted by Crippen LogP contribution is -2.19. The van der Waals surface area contributed by atoms with Crippen LogP contribution in [0.1, 0.15) is 36.7 Å². The number of hydrogen-bond donors (Lipinski definition) is 1. The van der Waals surface area contributed by atoms with Crippen molar-refractivity contribution in [3.63, 3.8) is 0 Å². The molecule has 0 fully saturated rings. The first-order valence-corrected chi connectivity index (χ1v) is 7.08. The van der Waals surface area contributed by atoms with Gasteiger partial charge in [0.05, 0.1) is 11.8 Å². The molecule has 5 heteroatoms. The van der Waals surface area contributed by atoms with Gasteiger partial charge in [0.25, 0.3) is 5.91 Å². The first-order chi connectivity index (χ1) is 10.6. The van der Waals surface area contributed by atoms with Crippen molar-refractivity contribution in [3.05, 3.63) is 59.9 Å². The minimum Gasteiger partial charge on any atom is -0.491 e. The first kappa shape index (κ1) is 15.7. The molecule has 1 aromatic carbocycles. The number of carbonyl (C=O) groups is 1. The highest BCUT2D eigenvalue weighted by atomic mass is 16.5. The van der Waals surface area contributed by atoms with Crippen LogP contribution in [0, 0.1) is 0 Å². The molecule has 0 saturated carbocycles. The van der Waals surface area contributed by atoms with Crippen LogP contribution in [0.25, 0.3) is 0 Å². The van der Waals surface area contributed by atoms with Gasteiger partial charge >= 0.3 is 0 Å². The maximum absolute atomic E-state index is 12.0. The summed E-state index contributed by atoms with van der Waals surface area (Å²) in [5.74, 6) is 0.473. The van der Waals surface area contributed by atoms with Gasteiger partial charge in [0.15, 0.2) is 0 Å². The monoisotopic (exact) mass is 297 g/mol. The summed E-state index contributed by atoms with van der Waals surface area (Å²) in [4.78, 5) is 16.1. The molecule has 1 N–H and O–H groups in total. The Hall–Kier alpha value is -2.69. The summed E-state index contributed by atoms with van der Waals surface area (Å²) in [5, 5.41) is 4.09. The lowest BCUT2D eigenvalue weighted by molar-refractivity contribution is 0.0955. The molecule has 5 nitrogen and oxygen atoms in total. The molecule has 22 heavy (non-hydrogen) atoms. The van der Waals surface area contributed by atoms with Gasteiger partial charge in [-0.2, -0.15) is 5.10 Å². The summed E-state index contributed by atoms with van der Waals surface area (Å²) in [5.41, 5.74) is 4.62. The zero-order valence-corrected chi connectivity index (χ0v) is 12.9. The molecular formula is C17H19N3O2. The Bertz CT molecular complexity index is 649. The second-order valence-corrected chi connectivity index (χ2v) is 5.07. The van der Waals surface area contributed by atoms with Gasteiger partial charge < -0.3 is 4.74 Å². The zero-order chi connectivity index (χ0) is 15.9. The van der Waals surface area contributed by atoms with Crippen LogP contribution in [0.4, 0.5) is 0 Å². The molecule has 0 radical (unpaired) electrons. The smallest absolute Gasteiger partial charge is 0.271 e. The van der Waals surface area contributed by atoms with E-state index in [9.17, 15) is 4.79 Å². The Morgan fingerprint density at radius 2 is 1.91 bits per heavy atom. The molecule has 0 saturated heterocycles. The molecule has 1 aromatic heterocycles. The van der Waals surface area contributed by atoms with Crippen LogP contribution < -0.4 is 10.2 Å². The fourth-order valence-corrected chi connectivity index (χ4v) is 1.80. The van der Waals surface area contributed by atoms with E-state index in [-0.39, 0.29) is 12.0 Å². The summed E-state index contributed by atoms with van der Waals surface area (Å²) >= 11 is 0. The summed E-state index contributed by atoms with van der Waals surface area (Å²) in [7, 11) is 0. The number of benzene rings is 1. The Morgan fingerprint density at radius 1 is 1.18 bits per heavy atom. The topological polar surface area (TPSA) is 63.6 Å². The number of aromatic nitrogens is 1. The van der Waals surface area contributed by atoms with Crippen LogP contribution in [0.2, 0.25) is 0 Å². The van der Waals surface area contributed by atoms with Crippen LogP contribution in [0.5, 0.6) is 5.75 Å². The van der Waals surface area contributed by atoms with Crippen LogP contribution in [-0.4, -0.2) is 22.7 Å². The number of rotatable bonds is 5. The number of amides is 1. The fourth-order valence-electron chi connectivity index (χ4n) is 1.80. The van der Waals surface area contributed by atoms with E-state index in [1.807, 2.05) is 32.9 Å². The van der Waals surface area contributed by atoms with Crippen molar-refractivity contribution in [2.24, 2.45) is 5.10 Å². The van der Waals surface area contributed by atoms with E-state index in [4.69, 9.17) is 4.74 Å². The average molecular weight is 297 g/mol. The van der Waals surface area contributed by atoms with E-state index in [1.54, 1.807) is 36.7 Å². The summed E-state index contributed by atoms with van der Waals surface area (Å²) in [6.07, 6.45) is 3.49. The molecule has 2 rings (SSSR count). The molecular weight excluding hydrogens is 278 g/mol. The minimum atomic E-state index is -0.265.